The molecule has 2 fully saturated rings. The molecular weight excluding hydrogens is 268 g/mol. The van der Waals surface area contributed by atoms with Crippen LogP contribution < -0.4 is 0 Å². The van der Waals surface area contributed by atoms with E-state index in [-0.39, 0.29) is 0 Å². The minimum Gasteiger partial charge on any atom is -0.496 e. The predicted octanol–water partition coefficient (Wildman–Crippen LogP) is 3.59. The van der Waals surface area contributed by atoms with Gasteiger partial charge in [0, 0.05) is 6.20 Å². The minimum absolute atomic E-state index is 0.440. The lowest BCUT2D eigenvalue weighted by molar-refractivity contribution is -0.301. The van der Waals surface area contributed by atoms with Crippen LogP contribution in [0, 0.1) is 5.92 Å². The van der Waals surface area contributed by atoms with Gasteiger partial charge in [-0.1, -0.05) is 0 Å². The topological polar surface area (TPSA) is 43.3 Å². The molecule has 0 aromatic carbocycles. The van der Waals surface area contributed by atoms with Gasteiger partial charge in [0.25, 0.3) is 0 Å². The second kappa shape index (κ2) is 5.81. The molecule has 0 aromatic rings. The van der Waals surface area contributed by atoms with E-state index in [4.69, 9.17) is 14.4 Å². The van der Waals surface area contributed by atoms with Crippen LogP contribution in [0.2, 0.25) is 0 Å². The van der Waals surface area contributed by atoms with E-state index in [0.717, 1.165) is 12.4 Å². The van der Waals surface area contributed by atoms with Crippen LogP contribution in [0.5, 0.6) is 0 Å². The fourth-order valence-corrected chi connectivity index (χ4v) is 1.78. The van der Waals surface area contributed by atoms with E-state index in [2.05, 4.69) is 11.7 Å². The van der Waals surface area contributed by atoms with E-state index in [1.807, 2.05) is 34.6 Å². The lowest BCUT2D eigenvalue weighted by Crippen LogP contribution is -2.41. The highest BCUT2D eigenvalue weighted by atomic mass is 17.0. The Hall–Kier alpha value is -1.33. The van der Waals surface area contributed by atoms with Crippen LogP contribution in [-0.2, 0) is 14.4 Å². The molecule has 2 aliphatic rings. The summed E-state index contributed by atoms with van der Waals surface area (Å²) in [5.74, 6) is 1.45. The summed E-state index contributed by atoms with van der Waals surface area (Å²) < 4.78 is 5.84. The van der Waals surface area contributed by atoms with Crippen molar-refractivity contribution in [1.29, 1.82) is 0 Å². The molecule has 0 unspecified atom stereocenters. The van der Waals surface area contributed by atoms with E-state index in [0.29, 0.717) is 11.6 Å². The number of aliphatic imine (C=N–C) groups is 1. The molecule has 1 aliphatic carbocycles. The smallest absolute Gasteiger partial charge is 0.134 e. The molecule has 0 radical (unpaired) electrons. The van der Waals surface area contributed by atoms with Crippen molar-refractivity contribution in [1.82, 2.24) is 5.23 Å². The number of allylic oxidation sites excluding steroid dienone is 2. The van der Waals surface area contributed by atoms with Crippen LogP contribution in [0.4, 0.5) is 0 Å². The van der Waals surface area contributed by atoms with Crippen LogP contribution >= 0.6 is 0 Å². The normalized spacial score (nSPS) is 25.1. The number of nitrogens with zero attached hydrogens (tertiary/aromatic N) is 2. The van der Waals surface area contributed by atoms with Crippen LogP contribution in [0.15, 0.2) is 28.7 Å². The third-order valence-electron chi connectivity index (χ3n) is 4.20. The zero-order chi connectivity index (χ0) is 15.7. The quantitative estimate of drug-likeness (QED) is 0.426. The van der Waals surface area contributed by atoms with E-state index in [1.165, 1.54) is 18.1 Å². The Morgan fingerprint density at radius 3 is 2.33 bits per heavy atom. The van der Waals surface area contributed by atoms with Gasteiger partial charge in [-0.3, -0.25) is 4.99 Å². The molecule has 1 saturated heterocycles. The largest absolute Gasteiger partial charge is 0.496 e. The van der Waals surface area contributed by atoms with Crippen LogP contribution in [0.3, 0.4) is 0 Å². The first-order valence-corrected chi connectivity index (χ1v) is 7.41. The van der Waals surface area contributed by atoms with Crippen molar-refractivity contribution >= 4 is 6.72 Å². The molecule has 1 heterocycles. The summed E-state index contributed by atoms with van der Waals surface area (Å²) in [7, 11) is 0. The van der Waals surface area contributed by atoms with E-state index in [9.17, 15) is 0 Å². The summed E-state index contributed by atoms with van der Waals surface area (Å²) in [6, 6.07) is 0. The zero-order valence-corrected chi connectivity index (χ0v) is 13.7. The van der Waals surface area contributed by atoms with Gasteiger partial charge >= 0.3 is 0 Å². The molecule has 118 valence electrons. The maximum Gasteiger partial charge on any atom is 0.134 e. The maximum absolute atomic E-state index is 5.93. The van der Waals surface area contributed by atoms with E-state index >= 15 is 0 Å². The van der Waals surface area contributed by atoms with Gasteiger partial charge in [0.05, 0.1) is 6.61 Å². The van der Waals surface area contributed by atoms with Gasteiger partial charge in [-0.2, -0.15) is 0 Å². The molecular formula is C16H26N2O3. The third kappa shape index (κ3) is 3.66. The van der Waals surface area contributed by atoms with Gasteiger partial charge in [-0.25, -0.2) is 9.68 Å². The fraction of sp³-hybridized carbons (Fsp3) is 0.688. The Morgan fingerprint density at radius 1 is 1.29 bits per heavy atom. The predicted molar refractivity (Wildman–Crippen MR) is 82.2 cm³/mol. The molecule has 0 amide bonds. The van der Waals surface area contributed by atoms with Gasteiger partial charge in [-0.15, -0.1) is 5.23 Å². The highest BCUT2D eigenvalue weighted by Crippen LogP contribution is 2.40. The number of ether oxygens (including phenoxy) is 1. The molecule has 0 atom stereocenters. The van der Waals surface area contributed by atoms with Gasteiger partial charge < -0.3 is 4.74 Å². The Labute approximate surface area is 127 Å². The number of hydroxylamine groups is 2. The van der Waals surface area contributed by atoms with Crippen LogP contribution in [0.25, 0.3) is 0 Å². The van der Waals surface area contributed by atoms with Crippen molar-refractivity contribution in [3.63, 3.8) is 0 Å². The van der Waals surface area contributed by atoms with Crippen LogP contribution in [0.1, 0.15) is 47.5 Å². The second-order valence-electron chi connectivity index (χ2n) is 6.65. The first-order chi connectivity index (χ1) is 9.77. The summed E-state index contributed by atoms with van der Waals surface area (Å²) in [6.45, 7) is 14.1. The molecule has 0 bridgehead atoms. The Morgan fingerprint density at radius 2 is 1.86 bits per heavy atom. The molecule has 2 rings (SSSR count). The van der Waals surface area contributed by atoms with Crippen molar-refractivity contribution in [3.8, 4) is 0 Å². The average Bonchev–Trinajstić information content (AvgIpc) is 3.16. The molecule has 1 aliphatic heterocycles. The van der Waals surface area contributed by atoms with Crippen LogP contribution in [-0.4, -0.2) is 29.8 Å². The molecule has 1 saturated carbocycles. The molecule has 5 nitrogen and oxygen atoms in total. The molecule has 5 heteroatoms. The standard InChI is InChI=1S/C16H26N2O3/c1-12(19-11-13-7-8-13)14(9-10-17-6)18-20-15(2,3)16(4,5)21-18/h9-10,13H,6-8,11H2,1-5H3/b10-9-,14-12-. The fourth-order valence-electron chi connectivity index (χ4n) is 1.78. The average molecular weight is 294 g/mol. The van der Waals surface area contributed by atoms with Gasteiger partial charge in [-0.05, 0) is 66.2 Å². The first-order valence-electron chi connectivity index (χ1n) is 7.41. The van der Waals surface area contributed by atoms with E-state index < -0.39 is 11.2 Å². The zero-order valence-electron chi connectivity index (χ0n) is 13.7. The lowest BCUT2D eigenvalue weighted by Gasteiger charge is -2.26. The monoisotopic (exact) mass is 294 g/mol. The molecule has 21 heavy (non-hydrogen) atoms. The Balaban J connectivity index is 2.17. The van der Waals surface area contributed by atoms with Crippen molar-refractivity contribution < 1.29 is 14.4 Å². The first kappa shape index (κ1) is 16.0. The maximum atomic E-state index is 5.93. The minimum atomic E-state index is -0.440. The van der Waals surface area contributed by atoms with Crippen molar-refractivity contribution in [2.45, 2.75) is 58.7 Å². The van der Waals surface area contributed by atoms with Crippen molar-refractivity contribution in [2.75, 3.05) is 6.61 Å². The Bertz CT molecular complexity index is 446. The summed E-state index contributed by atoms with van der Waals surface area (Å²) >= 11 is 0. The van der Waals surface area contributed by atoms with Gasteiger partial charge in [0.15, 0.2) is 0 Å². The summed E-state index contributed by atoms with van der Waals surface area (Å²) in [6.07, 6.45) is 5.89. The number of hydrogen-bond donors (Lipinski definition) is 0. The third-order valence-corrected chi connectivity index (χ3v) is 4.20. The highest BCUT2D eigenvalue weighted by molar-refractivity contribution is 5.28. The highest BCUT2D eigenvalue weighted by Gasteiger charge is 2.50. The van der Waals surface area contributed by atoms with Crippen molar-refractivity contribution in [2.24, 2.45) is 10.9 Å². The number of hydrogen-bond acceptors (Lipinski definition) is 5. The van der Waals surface area contributed by atoms with E-state index in [1.54, 1.807) is 12.3 Å². The lowest BCUT2D eigenvalue weighted by atomic mass is 9.90. The summed E-state index contributed by atoms with van der Waals surface area (Å²) in [5.41, 5.74) is -0.170. The Kier molecular flexibility index (Phi) is 4.44. The second-order valence-corrected chi connectivity index (χ2v) is 6.65. The van der Waals surface area contributed by atoms with Crippen molar-refractivity contribution in [3.05, 3.63) is 23.7 Å². The summed E-state index contributed by atoms with van der Waals surface area (Å²) in [4.78, 5) is 15.6. The summed E-state index contributed by atoms with van der Waals surface area (Å²) in [5, 5.41) is 1.43. The molecule has 0 spiro atoms. The SMILES string of the molecule is C=N/C=C\C(=C(/C)OCC1CC1)N1OC(C)(C)C(C)(C)O1. The molecule has 0 aromatic heterocycles. The molecule has 0 N–H and O–H groups in total. The number of rotatable bonds is 6. The van der Waals surface area contributed by atoms with Gasteiger partial charge in [0.2, 0.25) is 0 Å². The van der Waals surface area contributed by atoms with Gasteiger partial charge in [0.1, 0.15) is 22.7 Å².